The zero-order valence-electron chi connectivity index (χ0n) is 10.2. The van der Waals surface area contributed by atoms with Crippen molar-refractivity contribution in [2.75, 3.05) is 13.1 Å². The van der Waals surface area contributed by atoms with Gasteiger partial charge in [0.1, 0.15) is 5.54 Å². The third-order valence-corrected chi connectivity index (χ3v) is 3.09. The normalized spacial score (nSPS) is 16.8. The summed E-state index contributed by atoms with van der Waals surface area (Å²) in [4.78, 5) is 24.6. The summed E-state index contributed by atoms with van der Waals surface area (Å²) in [5.74, 6) is -0.938. The Bertz CT molecular complexity index is 311. The molecular formula is C12H20N2O3. The van der Waals surface area contributed by atoms with Crippen LogP contribution < -0.4 is 5.32 Å². The van der Waals surface area contributed by atoms with Gasteiger partial charge in [0.25, 0.3) is 0 Å². The molecule has 0 aromatic rings. The molecule has 0 bridgehead atoms. The summed E-state index contributed by atoms with van der Waals surface area (Å²) < 4.78 is 0. The Kier molecular flexibility index (Phi) is 4.54. The van der Waals surface area contributed by atoms with E-state index >= 15 is 0 Å². The Morgan fingerprint density at radius 2 is 2.18 bits per heavy atom. The minimum Gasteiger partial charge on any atom is -0.480 e. The molecule has 5 heteroatoms. The Hall–Kier alpha value is -1.52. The molecule has 0 aliphatic heterocycles. The molecule has 0 aromatic carbocycles. The molecular weight excluding hydrogens is 220 g/mol. The van der Waals surface area contributed by atoms with E-state index in [1.54, 1.807) is 11.0 Å². The molecule has 2 N–H and O–H groups in total. The monoisotopic (exact) mass is 240 g/mol. The third kappa shape index (κ3) is 2.99. The minimum atomic E-state index is -1.04. The predicted octanol–water partition coefficient (Wildman–Crippen LogP) is 1.60. The quantitative estimate of drug-likeness (QED) is 0.693. The Balaban J connectivity index is 2.62. The van der Waals surface area contributed by atoms with E-state index in [2.05, 4.69) is 11.9 Å². The van der Waals surface area contributed by atoms with Crippen LogP contribution in [0.15, 0.2) is 12.7 Å². The van der Waals surface area contributed by atoms with Gasteiger partial charge in [0.2, 0.25) is 0 Å². The van der Waals surface area contributed by atoms with Crippen LogP contribution in [0.2, 0.25) is 0 Å². The maximum absolute atomic E-state index is 11.9. The zero-order valence-corrected chi connectivity index (χ0v) is 10.2. The Morgan fingerprint density at radius 3 is 2.53 bits per heavy atom. The van der Waals surface area contributed by atoms with E-state index in [1.807, 2.05) is 6.92 Å². The predicted molar refractivity (Wildman–Crippen MR) is 64.8 cm³/mol. The lowest BCUT2D eigenvalue weighted by molar-refractivity contribution is -0.148. The summed E-state index contributed by atoms with van der Waals surface area (Å²) in [5, 5.41) is 11.8. The average molecular weight is 240 g/mol. The first-order valence-corrected chi connectivity index (χ1v) is 5.97. The van der Waals surface area contributed by atoms with Crippen LogP contribution >= 0.6 is 0 Å². The fraction of sp³-hybridized carbons (Fsp3) is 0.667. The van der Waals surface area contributed by atoms with Crippen molar-refractivity contribution >= 4 is 12.0 Å². The SMILES string of the molecule is C=CCN(CCC)C(=O)NC1(C(=O)O)CCC1. The lowest BCUT2D eigenvalue weighted by Crippen LogP contribution is -2.61. The molecule has 0 heterocycles. The van der Waals surface area contributed by atoms with Gasteiger partial charge in [-0.05, 0) is 25.7 Å². The molecule has 1 fully saturated rings. The summed E-state index contributed by atoms with van der Waals surface area (Å²) in [6.45, 7) is 6.61. The molecule has 5 nitrogen and oxygen atoms in total. The molecule has 0 radical (unpaired) electrons. The molecule has 0 spiro atoms. The average Bonchev–Trinajstić information content (AvgIpc) is 2.22. The van der Waals surface area contributed by atoms with Crippen molar-refractivity contribution in [1.82, 2.24) is 10.2 Å². The van der Waals surface area contributed by atoms with Crippen LogP contribution in [0.25, 0.3) is 0 Å². The highest BCUT2D eigenvalue weighted by molar-refractivity contribution is 5.87. The summed E-state index contributed by atoms with van der Waals surface area (Å²) in [6, 6.07) is -0.311. The van der Waals surface area contributed by atoms with Gasteiger partial charge >= 0.3 is 12.0 Å². The Morgan fingerprint density at radius 1 is 1.53 bits per heavy atom. The lowest BCUT2D eigenvalue weighted by Gasteiger charge is -2.39. The first kappa shape index (κ1) is 13.5. The number of hydrogen-bond donors (Lipinski definition) is 2. The number of amides is 2. The fourth-order valence-corrected chi connectivity index (χ4v) is 1.91. The number of urea groups is 1. The van der Waals surface area contributed by atoms with Crippen molar-refractivity contribution in [3.63, 3.8) is 0 Å². The molecule has 1 rings (SSSR count). The second-order valence-electron chi connectivity index (χ2n) is 4.41. The van der Waals surface area contributed by atoms with Crippen LogP contribution in [0.3, 0.4) is 0 Å². The highest BCUT2D eigenvalue weighted by Gasteiger charge is 2.46. The van der Waals surface area contributed by atoms with Crippen LogP contribution in [-0.4, -0.2) is 40.6 Å². The number of aliphatic carboxylic acids is 1. The van der Waals surface area contributed by atoms with Gasteiger partial charge in [-0.25, -0.2) is 9.59 Å². The van der Waals surface area contributed by atoms with Crippen LogP contribution in [-0.2, 0) is 4.79 Å². The van der Waals surface area contributed by atoms with Gasteiger partial charge in [0, 0.05) is 13.1 Å². The molecule has 0 saturated heterocycles. The summed E-state index contributed by atoms with van der Waals surface area (Å²) in [6.07, 6.45) is 4.36. The lowest BCUT2D eigenvalue weighted by atomic mass is 9.77. The van der Waals surface area contributed by atoms with E-state index in [1.165, 1.54) is 0 Å². The standard InChI is InChI=1S/C12H20N2O3/c1-3-8-14(9-4-2)11(17)13-12(10(15)16)6-5-7-12/h3H,1,4-9H2,2H3,(H,13,17)(H,15,16). The van der Waals surface area contributed by atoms with Crippen molar-refractivity contribution in [3.05, 3.63) is 12.7 Å². The van der Waals surface area contributed by atoms with Gasteiger partial charge in [-0.15, -0.1) is 6.58 Å². The van der Waals surface area contributed by atoms with Crippen LogP contribution in [0.4, 0.5) is 4.79 Å². The number of nitrogens with one attached hydrogen (secondary N) is 1. The van der Waals surface area contributed by atoms with E-state index in [0.29, 0.717) is 25.9 Å². The number of carbonyl (C=O) groups is 2. The number of rotatable bonds is 6. The molecule has 0 unspecified atom stereocenters. The van der Waals surface area contributed by atoms with Crippen LogP contribution in [0.5, 0.6) is 0 Å². The van der Waals surface area contributed by atoms with E-state index in [-0.39, 0.29) is 6.03 Å². The molecule has 0 atom stereocenters. The number of carboxylic acid groups (broad SMARTS) is 1. The first-order valence-electron chi connectivity index (χ1n) is 5.97. The number of carbonyl (C=O) groups excluding carboxylic acids is 1. The summed E-state index contributed by atoms with van der Waals surface area (Å²) in [7, 11) is 0. The van der Waals surface area contributed by atoms with Gasteiger partial charge in [0.05, 0.1) is 0 Å². The molecule has 2 amide bonds. The minimum absolute atomic E-state index is 0.311. The largest absolute Gasteiger partial charge is 0.480 e. The van der Waals surface area contributed by atoms with Gasteiger partial charge in [-0.3, -0.25) is 0 Å². The van der Waals surface area contributed by atoms with Gasteiger partial charge < -0.3 is 15.3 Å². The molecule has 17 heavy (non-hydrogen) atoms. The summed E-state index contributed by atoms with van der Waals surface area (Å²) in [5.41, 5.74) is -1.04. The maximum Gasteiger partial charge on any atom is 0.329 e. The van der Waals surface area contributed by atoms with Crippen LogP contribution in [0, 0.1) is 0 Å². The topological polar surface area (TPSA) is 69.6 Å². The van der Waals surface area contributed by atoms with Crippen molar-refractivity contribution in [3.8, 4) is 0 Å². The highest BCUT2D eigenvalue weighted by atomic mass is 16.4. The summed E-state index contributed by atoms with van der Waals surface area (Å²) >= 11 is 0. The van der Waals surface area contributed by atoms with E-state index < -0.39 is 11.5 Å². The molecule has 96 valence electrons. The van der Waals surface area contributed by atoms with Gasteiger partial charge in [-0.1, -0.05) is 13.0 Å². The molecule has 0 aromatic heterocycles. The van der Waals surface area contributed by atoms with Gasteiger partial charge in [0.15, 0.2) is 0 Å². The highest BCUT2D eigenvalue weighted by Crippen LogP contribution is 2.32. The molecule has 1 saturated carbocycles. The van der Waals surface area contributed by atoms with Crippen molar-refractivity contribution in [2.45, 2.75) is 38.1 Å². The van der Waals surface area contributed by atoms with E-state index in [9.17, 15) is 9.59 Å². The number of carboxylic acids is 1. The second kappa shape index (κ2) is 5.70. The van der Waals surface area contributed by atoms with E-state index in [0.717, 1.165) is 12.8 Å². The third-order valence-electron chi connectivity index (χ3n) is 3.09. The van der Waals surface area contributed by atoms with Crippen LogP contribution in [0.1, 0.15) is 32.6 Å². The molecule has 1 aliphatic rings. The van der Waals surface area contributed by atoms with Crippen molar-refractivity contribution in [2.24, 2.45) is 0 Å². The van der Waals surface area contributed by atoms with Crippen molar-refractivity contribution in [1.29, 1.82) is 0 Å². The number of hydrogen-bond acceptors (Lipinski definition) is 2. The van der Waals surface area contributed by atoms with Crippen molar-refractivity contribution < 1.29 is 14.7 Å². The molecule has 1 aliphatic carbocycles. The van der Waals surface area contributed by atoms with Gasteiger partial charge in [-0.2, -0.15) is 0 Å². The first-order chi connectivity index (χ1) is 8.05. The zero-order chi connectivity index (χ0) is 12.9. The van der Waals surface area contributed by atoms with E-state index in [4.69, 9.17) is 5.11 Å². The second-order valence-corrected chi connectivity index (χ2v) is 4.41. The smallest absolute Gasteiger partial charge is 0.329 e. The Labute approximate surface area is 101 Å². The fourth-order valence-electron chi connectivity index (χ4n) is 1.91. The maximum atomic E-state index is 11.9. The number of nitrogens with zero attached hydrogens (tertiary/aromatic N) is 1.